The molecule has 1 aromatic carbocycles. The van der Waals surface area contributed by atoms with E-state index in [1.165, 1.54) is 19.2 Å². The molecule has 1 rings (SSSR count). The van der Waals surface area contributed by atoms with Crippen molar-refractivity contribution < 1.29 is 22.7 Å². The van der Waals surface area contributed by atoms with E-state index in [9.17, 15) is 12.8 Å². The summed E-state index contributed by atoms with van der Waals surface area (Å²) in [5, 5.41) is 8.68. The number of aliphatic hydroxyl groups excluding tert-OH is 1. The lowest BCUT2D eigenvalue weighted by molar-refractivity contribution is 0.279. The molecule has 2 N–H and O–H groups in total. The second-order valence-corrected chi connectivity index (χ2v) is 5.90. The third-order valence-corrected chi connectivity index (χ3v) is 4.17. The van der Waals surface area contributed by atoms with Gasteiger partial charge in [-0.2, -0.15) is 0 Å². The largest absolute Gasteiger partial charge is 0.494 e. The van der Waals surface area contributed by atoms with Gasteiger partial charge < -0.3 is 9.84 Å². The van der Waals surface area contributed by atoms with Gasteiger partial charge in [-0.1, -0.05) is 0 Å². The number of benzene rings is 1. The minimum Gasteiger partial charge on any atom is -0.494 e. The van der Waals surface area contributed by atoms with Gasteiger partial charge in [0, 0.05) is 12.6 Å². The smallest absolute Gasteiger partial charge is 0.240 e. The maximum Gasteiger partial charge on any atom is 0.240 e. The fraction of sp³-hybridized carbons (Fsp3) is 0.500. The van der Waals surface area contributed by atoms with Crippen molar-refractivity contribution in [3.63, 3.8) is 0 Å². The van der Waals surface area contributed by atoms with Crippen molar-refractivity contribution in [2.24, 2.45) is 0 Å². The zero-order valence-corrected chi connectivity index (χ0v) is 11.7. The van der Waals surface area contributed by atoms with Crippen LogP contribution in [0.25, 0.3) is 0 Å². The quantitative estimate of drug-likeness (QED) is 0.793. The van der Waals surface area contributed by atoms with Crippen LogP contribution in [0.5, 0.6) is 5.75 Å². The average molecular weight is 291 g/mol. The highest BCUT2D eigenvalue weighted by Gasteiger charge is 2.19. The second kappa shape index (κ2) is 6.83. The molecule has 0 aliphatic rings. The van der Waals surface area contributed by atoms with Gasteiger partial charge in [-0.25, -0.2) is 17.5 Å². The van der Waals surface area contributed by atoms with E-state index in [1.807, 2.05) is 0 Å². The number of ether oxygens (including phenoxy) is 1. The van der Waals surface area contributed by atoms with Crippen LogP contribution < -0.4 is 9.46 Å². The molecule has 0 aromatic heterocycles. The lowest BCUT2D eigenvalue weighted by Crippen LogP contribution is -2.32. The monoisotopic (exact) mass is 291 g/mol. The highest BCUT2D eigenvalue weighted by molar-refractivity contribution is 7.89. The average Bonchev–Trinajstić information content (AvgIpc) is 2.35. The number of methoxy groups -OCH3 is 1. The summed E-state index contributed by atoms with van der Waals surface area (Å²) < 4.78 is 44.6. The molecule has 1 aromatic rings. The zero-order chi connectivity index (χ0) is 14.5. The van der Waals surface area contributed by atoms with E-state index in [2.05, 4.69) is 4.72 Å². The summed E-state index contributed by atoms with van der Waals surface area (Å²) in [5.74, 6) is -0.735. The maximum atomic E-state index is 13.5. The van der Waals surface area contributed by atoms with E-state index in [4.69, 9.17) is 9.84 Å². The Hall–Kier alpha value is -1.18. The third kappa shape index (κ3) is 4.45. The summed E-state index contributed by atoms with van der Waals surface area (Å²) in [6.45, 7) is 1.69. The molecule has 0 saturated heterocycles. The molecule has 0 aliphatic heterocycles. The van der Waals surface area contributed by atoms with Gasteiger partial charge in [0.1, 0.15) is 0 Å². The van der Waals surface area contributed by atoms with Crippen LogP contribution in [0.4, 0.5) is 4.39 Å². The molecule has 7 heteroatoms. The SMILES string of the molecule is COc1ccc(S(=O)(=O)NC(C)CCCO)cc1F. The van der Waals surface area contributed by atoms with Gasteiger partial charge >= 0.3 is 0 Å². The first-order valence-corrected chi connectivity index (χ1v) is 7.35. The Morgan fingerprint density at radius 3 is 2.68 bits per heavy atom. The van der Waals surface area contributed by atoms with Crippen molar-refractivity contribution in [3.05, 3.63) is 24.0 Å². The number of rotatable bonds is 7. The summed E-state index contributed by atoms with van der Waals surface area (Å²) >= 11 is 0. The van der Waals surface area contributed by atoms with Crippen LogP contribution in [-0.4, -0.2) is 33.3 Å². The fourth-order valence-electron chi connectivity index (χ4n) is 1.60. The van der Waals surface area contributed by atoms with Crippen LogP contribution in [0.2, 0.25) is 0 Å². The van der Waals surface area contributed by atoms with Gasteiger partial charge in [0.25, 0.3) is 0 Å². The molecule has 108 valence electrons. The van der Waals surface area contributed by atoms with Gasteiger partial charge in [-0.15, -0.1) is 0 Å². The molecule has 5 nitrogen and oxygen atoms in total. The number of halogens is 1. The Morgan fingerprint density at radius 2 is 2.16 bits per heavy atom. The van der Waals surface area contributed by atoms with E-state index >= 15 is 0 Å². The van der Waals surface area contributed by atoms with Crippen LogP contribution in [0.15, 0.2) is 23.1 Å². The number of aliphatic hydroxyl groups is 1. The van der Waals surface area contributed by atoms with Crippen molar-refractivity contribution in [1.82, 2.24) is 4.72 Å². The molecule has 1 unspecified atom stereocenters. The molecule has 0 aliphatic carbocycles. The maximum absolute atomic E-state index is 13.5. The Kier molecular flexibility index (Phi) is 5.71. The molecule has 0 spiro atoms. The molecule has 19 heavy (non-hydrogen) atoms. The predicted octanol–water partition coefficient (Wildman–Crippen LogP) is 1.27. The van der Waals surface area contributed by atoms with E-state index in [0.717, 1.165) is 6.07 Å². The first kappa shape index (κ1) is 15.9. The van der Waals surface area contributed by atoms with Gasteiger partial charge in [-0.05, 0) is 38.0 Å². The van der Waals surface area contributed by atoms with E-state index in [1.54, 1.807) is 6.92 Å². The van der Waals surface area contributed by atoms with Crippen LogP contribution in [0.1, 0.15) is 19.8 Å². The Balaban J connectivity index is 2.85. The Labute approximate surface area is 112 Å². The van der Waals surface area contributed by atoms with Crippen LogP contribution >= 0.6 is 0 Å². The molecular weight excluding hydrogens is 273 g/mol. The summed E-state index contributed by atoms with van der Waals surface area (Å²) in [6, 6.07) is 3.13. The standard InChI is InChI=1S/C12H18FNO4S/c1-9(4-3-7-15)14-19(16,17)10-5-6-12(18-2)11(13)8-10/h5-6,8-9,14-15H,3-4,7H2,1-2H3. The van der Waals surface area contributed by atoms with Crippen molar-refractivity contribution in [1.29, 1.82) is 0 Å². The van der Waals surface area contributed by atoms with Crippen LogP contribution in [-0.2, 0) is 10.0 Å². The first-order chi connectivity index (χ1) is 8.90. The third-order valence-electron chi connectivity index (χ3n) is 2.59. The van der Waals surface area contributed by atoms with E-state index < -0.39 is 15.8 Å². The minimum absolute atomic E-state index is 0.00321. The van der Waals surface area contributed by atoms with Gasteiger partial charge in [0.2, 0.25) is 10.0 Å². The first-order valence-electron chi connectivity index (χ1n) is 5.87. The molecule has 0 saturated carbocycles. The van der Waals surface area contributed by atoms with Crippen molar-refractivity contribution in [3.8, 4) is 5.75 Å². The summed E-state index contributed by atoms with van der Waals surface area (Å²) in [6.07, 6.45) is 1.01. The molecule has 1 atom stereocenters. The van der Waals surface area contributed by atoms with E-state index in [0.29, 0.717) is 12.8 Å². The Morgan fingerprint density at radius 1 is 1.47 bits per heavy atom. The number of hydrogen-bond acceptors (Lipinski definition) is 4. The van der Waals surface area contributed by atoms with Crippen molar-refractivity contribution in [2.75, 3.05) is 13.7 Å². The minimum atomic E-state index is -3.76. The summed E-state index contributed by atoms with van der Waals surface area (Å²) in [4.78, 5) is -0.151. The molecular formula is C12H18FNO4S. The molecule has 0 amide bonds. The van der Waals surface area contributed by atoms with Gasteiger partial charge in [0.05, 0.1) is 12.0 Å². The van der Waals surface area contributed by atoms with E-state index in [-0.39, 0.29) is 23.3 Å². The topological polar surface area (TPSA) is 75.6 Å². The molecule has 0 heterocycles. The fourth-order valence-corrected chi connectivity index (χ4v) is 2.89. The number of nitrogens with one attached hydrogen (secondary N) is 1. The highest BCUT2D eigenvalue weighted by Crippen LogP contribution is 2.20. The lowest BCUT2D eigenvalue weighted by atomic mass is 10.2. The van der Waals surface area contributed by atoms with Crippen molar-refractivity contribution in [2.45, 2.75) is 30.7 Å². The molecule has 0 bridgehead atoms. The molecule has 0 fully saturated rings. The van der Waals surface area contributed by atoms with Crippen LogP contribution in [0.3, 0.4) is 0 Å². The number of hydrogen-bond donors (Lipinski definition) is 2. The highest BCUT2D eigenvalue weighted by atomic mass is 32.2. The zero-order valence-electron chi connectivity index (χ0n) is 10.9. The summed E-state index contributed by atoms with van der Waals surface area (Å²) in [7, 11) is -2.46. The number of sulfonamides is 1. The second-order valence-electron chi connectivity index (χ2n) is 4.18. The van der Waals surface area contributed by atoms with Gasteiger partial charge in [0.15, 0.2) is 11.6 Å². The molecule has 0 radical (unpaired) electrons. The predicted molar refractivity (Wildman–Crippen MR) is 69.1 cm³/mol. The summed E-state index contributed by atoms with van der Waals surface area (Å²) in [5.41, 5.74) is 0. The van der Waals surface area contributed by atoms with Gasteiger partial charge in [-0.3, -0.25) is 0 Å². The van der Waals surface area contributed by atoms with Crippen LogP contribution in [0, 0.1) is 5.82 Å². The Bertz CT molecular complexity index is 518. The van der Waals surface area contributed by atoms with Crippen molar-refractivity contribution >= 4 is 10.0 Å². The lowest BCUT2D eigenvalue weighted by Gasteiger charge is -2.14. The normalized spacial score (nSPS) is 13.3.